The Labute approximate surface area is 125 Å². The Balaban J connectivity index is 2.05. The first-order chi connectivity index (χ1) is 9.97. The van der Waals surface area contributed by atoms with E-state index in [2.05, 4.69) is 26.0 Å². The van der Waals surface area contributed by atoms with Gasteiger partial charge in [0.25, 0.3) is 5.91 Å². The fraction of sp³-hybridized carbons (Fsp3) is 0.278. The summed E-state index contributed by atoms with van der Waals surface area (Å²) in [7, 11) is 1.75. The third-order valence-electron chi connectivity index (χ3n) is 3.50. The lowest BCUT2D eigenvalue weighted by Gasteiger charge is -2.18. The maximum absolute atomic E-state index is 12.9. The molecule has 2 aromatic carbocycles. The number of carbonyl (C=O) groups excluding carboxylic acids is 1. The van der Waals surface area contributed by atoms with Gasteiger partial charge in [-0.25, -0.2) is 4.39 Å². The van der Waals surface area contributed by atoms with E-state index in [9.17, 15) is 9.18 Å². The number of amides is 1. The van der Waals surface area contributed by atoms with Crippen LogP contribution in [0, 0.1) is 5.82 Å². The zero-order valence-corrected chi connectivity index (χ0v) is 12.6. The smallest absolute Gasteiger partial charge is 0.253 e. The summed E-state index contributed by atoms with van der Waals surface area (Å²) in [6.07, 6.45) is 0. The fourth-order valence-electron chi connectivity index (χ4n) is 2.17. The van der Waals surface area contributed by atoms with E-state index >= 15 is 0 Å². The normalized spacial score (nSPS) is 10.7. The quantitative estimate of drug-likeness (QED) is 0.823. The van der Waals surface area contributed by atoms with Crippen LogP contribution in [0.5, 0.6) is 0 Å². The van der Waals surface area contributed by atoms with Gasteiger partial charge in [-0.05, 0) is 41.3 Å². The molecule has 2 nitrogen and oxygen atoms in total. The van der Waals surface area contributed by atoms with Crippen LogP contribution in [0.15, 0.2) is 48.5 Å². The first kappa shape index (κ1) is 15.2. The Kier molecular flexibility index (Phi) is 4.73. The molecule has 0 aromatic heterocycles. The highest BCUT2D eigenvalue weighted by Crippen LogP contribution is 2.16. The zero-order chi connectivity index (χ0) is 15.4. The van der Waals surface area contributed by atoms with Crippen LogP contribution in [-0.2, 0) is 6.54 Å². The van der Waals surface area contributed by atoms with Crippen molar-refractivity contribution < 1.29 is 9.18 Å². The number of halogens is 1. The van der Waals surface area contributed by atoms with E-state index in [1.54, 1.807) is 11.9 Å². The molecule has 110 valence electrons. The first-order valence-corrected chi connectivity index (χ1v) is 7.07. The lowest BCUT2D eigenvalue weighted by molar-refractivity contribution is 0.0785. The molecule has 0 saturated carbocycles. The van der Waals surface area contributed by atoms with Gasteiger partial charge in [0.2, 0.25) is 0 Å². The second-order valence-corrected chi connectivity index (χ2v) is 5.56. The molecule has 0 unspecified atom stereocenters. The van der Waals surface area contributed by atoms with Gasteiger partial charge in [0.1, 0.15) is 5.82 Å². The van der Waals surface area contributed by atoms with Crippen LogP contribution in [0.2, 0.25) is 0 Å². The van der Waals surface area contributed by atoms with E-state index in [0.717, 1.165) is 5.56 Å². The number of nitrogens with zero attached hydrogens (tertiary/aromatic N) is 1. The molecule has 0 aliphatic heterocycles. The predicted octanol–water partition coefficient (Wildman–Crippen LogP) is 4.22. The molecule has 0 atom stereocenters. The fourth-order valence-corrected chi connectivity index (χ4v) is 2.17. The first-order valence-electron chi connectivity index (χ1n) is 7.07. The minimum absolute atomic E-state index is 0.108. The Morgan fingerprint density at radius 1 is 1.05 bits per heavy atom. The average Bonchev–Trinajstić information content (AvgIpc) is 2.47. The van der Waals surface area contributed by atoms with Crippen LogP contribution in [0.1, 0.15) is 41.3 Å². The molecule has 2 aromatic rings. The molecule has 0 radical (unpaired) electrons. The number of hydrogen-bond acceptors (Lipinski definition) is 1. The van der Waals surface area contributed by atoms with Crippen LogP contribution in [0.25, 0.3) is 0 Å². The van der Waals surface area contributed by atoms with Crippen molar-refractivity contribution in [2.75, 3.05) is 7.05 Å². The van der Waals surface area contributed by atoms with Crippen molar-refractivity contribution in [3.05, 3.63) is 71.0 Å². The molecular formula is C18H20FNO. The van der Waals surface area contributed by atoms with Gasteiger partial charge in [-0.15, -0.1) is 0 Å². The summed E-state index contributed by atoms with van der Waals surface area (Å²) in [4.78, 5) is 13.9. The number of carbonyl (C=O) groups is 1. The van der Waals surface area contributed by atoms with Crippen LogP contribution >= 0.6 is 0 Å². The lowest BCUT2D eigenvalue weighted by Crippen LogP contribution is -2.26. The van der Waals surface area contributed by atoms with Crippen molar-refractivity contribution in [2.45, 2.75) is 26.3 Å². The number of benzene rings is 2. The molecule has 0 aliphatic carbocycles. The van der Waals surface area contributed by atoms with Crippen molar-refractivity contribution >= 4 is 5.91 Å². The van der Waals surface area contributed by atoms with Gasteiger partial charge in [-0.2, -0.15) is 0 Å². The van der Waals surface area contributed by atoms with Crippen molar-refractivity contribution in [2.24, 2.45) is 0 Å². The van der Waals surface area contributed by atoms with Gasteiger partial charge >= 0.3 is 0 Å². The lowest BCUT2D eigenvalue weighted by atomic mass is 10.0. The van der Waals surface area contributed by atoms with E-state index in [4.69, 9.17) is 0 Å². The van der Waals surface area contributed by atoms with Crippen molar-refractivity contribution in [3.63, 3.8) is 0 Å². The Morgan fingerprint density at radius 2 is 1.62 bits per heavy atom. The third-order valence-corrected chi connectivity index (χ3v) is 3.50. The minimum atomic E-state index is -0.335. The summed E-state index contributed by atoms with van der Waals surface area (Å²) in [5.74, 6) is 0.0547. The molecule has 0 spiro atoms. The average molecular weight is 285 g/mol. The van der Waals surface area contributed by atoms with Crippen LogP contribution in [0.4, 0.5) is 4.39 Å². The summed E-state index contributed by atoms with van der Waals surface area (Å²) in [6, 6.07) is 13.9. The third kappa shape index (κ3) is 3.91. The van der Waals surface area contributed by atoms with Crippen molar-refractivity contribution in [3.8, 4) is 0 Å². The van der Waals surface area contributed by atoms with E-state index in [-0.39, 0.29) is 11.7 Å². The van der Waals surface area contributed by atoms with Gasteiger partial charge in [0, 0.05) is 19.2 Å². The molecule has 2 rings (SSSR count). The Bertz CT molecular complexity index is 602. The molecule has 21 heavy (non-hydrogen) atoms. The molecule has 0 heterocycles. The SMILES string of the molecule is CC(C)c1ccc(CN(C)C(=O)c2ccc(F)cc2)cc1. The summed E-state index contributed by atoms with van der Waals surface area (Å²) < 4.78 is 12.9. The highest BCUT2D eigenvalue weighted by atomic mass is 19.1. The highest BCUT2D eigenvalue weighted by Gasteiger charge is 2.12. The van der Waals surface area contributed by atoms with E-state index in [1.807, 2.05) is 12.1 Å². The number of rotatable bonds is 4. The topological polar surface area (TPSA) is 20.3 Å². The second-order valence-electron chi connectivity index (χ2n) is 5.56. The standard InChI is InChI=1S/C18H20FNO/c1-13(2)15-6-4-14(5-7-15)12-20(3)18(21)16-8-10-17(19)11-9-16/h4-11,13H,12H2,1-3H3. The molecule has 1 amide bonds. The van der Waals surface area contributed by atoms with E-state index in [0.29, 0.717) is 18.0 Å². The highest BCUT2D eigenvalue weighted by molar-refractivity contribution is 5.93. The largest absolute Gasteiger partial charge is 0.337 e. The van der Waals surface area contributed by atoms with Crippen molar-refractivity contribution in [1.82, 2.24) is 4.90 Å². The molecule has 0 aliphatic rings. The summed E-state index contributed by atoms with van der Waals surface area (Å²) >= 11 is 0. The molecule has 3 heteroatoms. The van der Waals surface area contributed by atoms with Gasteiger partial charge in [-0.1, -0.05) is 38.1 Å². The Morgan fingerprint density at radius 3 is 2.14 bits per heavy atom. The van der Waals surface area contributed by atoms with Gasteiger partial charge in [0.15, 0.2) is 0 Å². The summed E-state index contributed by atoms with van der Waals surface area (Å²) in [5, 5.41) is 0. The number of hydrogen-bond donors (Lipinski definition) is 0. The maximum atomic E-state index is 12.9. The predicted molar refractivity (Wildman–Crippen MR) is 82.7 cm³/mol. The molecule has 0 bridgehead atoms. The summed E-state index contributed by atoms with van der Waals surface area (Å²) in [6.45, 7) is 4.84. The summed E-state index contributed by atoms with van der Waals surface area (Å²) in [5.41, 5.74) is 2.86. The van der Waals surface area contributed by atoms with Crippen LogP contribution in [0.3, 0.4) is 0 Å². The van der Waals surface area contributed by atoms with Crippen LogP contribution in [-0.4, -0.2) is 17.9 Å². The molecule has 0 fully saturated rings. The molecule has 0 saturated heterocycles. The van der Waals surface area contributed by atoms with Gasteiger partial charge < -0.3 is 4.90 Å². The van der Waals surface area contributed by atoms with Gasteiger partial charge in [0.05, 0.1) is 0 Å². The minimum Gasteiger partial charge on any atom is -0.337 e. The zero-order valence-electron chi connectivity index (χ0n) is 12.6. The second kappa shape index (κ2) is 6.53. The van der Waals surface area contributed by atoms with Gasteiger partial charge in [-0.3, -0.25) is 4.79 Å². The monoisotopic (exact) mass is 285 g/mol. The molecular weight excluding hydrogens is 265 g/mol. The molecule has 0 N–H and O–H groups in total. The van der Waals surface area contributed by atoms with E-state index < -0.39 is 0 Å². The maximum Gasteiger partial charge on any atom is 0.253 e. The van der Waals surface area contributed by atoms with Crippen molar-refractivity contribution in [1.29, 1.82) is 0 Å². The van der Waals surface area contributed by atoms with E-state index in [1.165, 1.54) is 29.8 Å². The van der Waals surface area contributed by atoms with Crippen LogP contribution < -0.4 is 0 Å². The Hall–Kier alpha value is -2.16.